The maximum Gasteiger partial charge on any atom is 0.283 e. The Balaban J connectivity index is 2.19. The number of nitrogens with one attached hydrogen (secondary N) is 1. The Morgan fingerprint density at radius 3 is 2.73 bits per heavy atom. The molecule has 0 radical (unpaired) electrons. The Morgan fingerprint density at radius 1 is 1.36 bits per heavy atom. The highest BCUT2D eigenvalue weighted by molar-refractivity contribution is 7.98. The second-order valence-corrected chi connectivity index (χ2v) is 5.44. The van der Waals surface area contributed by atoms with Crippen LogP contribution in [0.4, 0.5) is 5.69 Å². The molecule has 6 nitrogen and oxygen atoms in total. The number of pyridine rings is 1. The van der Waals surface area contributed by atoms with E-state index in [-0.39, 0.29) is 23.2 Å². The standard InChI is InChI=1S/C15H15N3O3S/c1-10(12-5-3-4-8-16-12)17-15(19)11-6-7-14(22-2)13(9-11)18(20)21/h3-10H,1-2H3,(H,17,19). The lowest BCUT2D eigenvalue weighted by Gasteiger charge is -2.13. The summed E-state index contributed by atoms with van der Waals surface area (Å²) in [6, 6.07) is 9.62. The fraction of sp³-hybridized carbons (Fsp3) is 0.200. The molecule has 1 N–H and O–H groups in total. The molecule has 0 aliphatic heterocycles. The normalized spacial score (nSPS) is 11.7. The Morgan fingerprint density at radius 2 is 2.14 bits per heavy atom. The van der Waals surface area contributed by atoms with Crippen LogP contribution in [0.5, 0.6) is 0 Å². The number of nitro benzene ring substituents is 1. The lowest BCUT2D eigenvalue weighted by molar-refractivity contribution is -0.387. The lowest BCUT2D eigenvalue weighted by Crippen LogP contribution is -2.27. The molecule has 22 heavy (non-hydrogen) atoms. The quantitative estimate of drug-likeness (QED) is 0.520. The average molecular weight is 317 g/mol. The van der Waals surface area contributed by atoms with Gasteiger partial charge in [-0.2, -0.15) is 0 Å². The van der Waals surface area contributed by atoms with Crippen LogP contribution >= 0.6 is 11.8 Å². The molecule has 0 fully saturated rings. The first-order valence-corrected chi connectivity index (χ1v) is 7.79. The molecular weight excluding hydrogens is 302 g/mol. The number of thioether (sulfide) groups is 1. The van der Waals surface area contributed by atoms with Crippen molar-refractivity contribution >= 4 is 23.4 Å². The molecule has 0 spiro atoms. The predicted molar refractivity (Wildman–Crippen MR) is 85.0 cm³/mol. The van der Waals surface area contributed by atoms with Crippen molar-refractivity contribution in [1.29, 1.82) is 0 Å². The number of rotatable bonds is 5. The molecule has 0 saturated heterocycles. The minimum atomic E-state index is -0.481. The summed E-state index contributed by atoms with van der Waals surface area (Å²) >= 11 is 1.27. The number of carbonyl (C=O) groups excluding carboxylic acids is 1. The molecule has 2 rings (SSSR count). The SMILES string of the molecule is CSc1ccc(C(=O)NC(C)c2ccccn2)cc1[N+](=O)[O-]. The highest BCUT2D eigenvalue weighted by Gasteiger charge is 2.18. The predicted octanol–water partition coefficient (Wildman–Crippen LogP) is 3.20. The molecule has 114 valence electrons. The van der Waals surface area contributed by atoms with Gasteiger partial charge in [-0.3, -0.25) is 19.9 Å². The fourth-order valence-electron chi connectivity index (χ4n) is 1.96. The van der Waals surface area contributed by atoms with E-state index >= 15 is 0 Å². The molecule has 1 atom stereocenters. The first-order valence-electron chi connectivity index (χ1n) is 6.57. The van der Waals surface area contributed by atoms with Crippen molar-refractivity contribution in [3.63, 3.8) is 0 Å². The zero-order chi connectivity index (χ0) is 16.1. The molecule has 1 aromatic carbocycles. The largest absolute Gasteiger partial charge is 0.344 e. The zero-order valence-corrected chi connectivity index (χ0v) is 13.0. The summed E-state index contributed by atoms with van der Waals surface area (Å²) < 4.78 is 0. The molecule has 1 amide bonds. The van der Waals surface area contributed by atoms with Gasteiger partial charge in [0.25, 0.3) is 11.6 Å². The number of amides is 1. The van der Waals surface area contributed by atoms with E-state index in [0.29, 0.717) is 4.90 Å². The number of benzene rings is 1. The maximum absolute atomic E-state index is 12.2. The second kappa shape index (κ2) is 7.04. The highest BCUT2D eigenvalue weighted by Crippen LogP contribution is 2.28. The number of carbonyl (C=O) groups is 1. The molecule has 0 aliphatic carbocycles. The Kier molecular flexibility index (Phi) is 5.11. The van der Waals surface area contributed by atoms with E-state index in [1.165, 1.54) is 17.8 Å². The number of aromatic nitrogens is 1. The Hall–Kier alpha value is -2.41. The maximum atomic E-state index is 12.2. The van der Waals surface area contributed by atoms with Crippen LogP contribution in [0.3, 0.4) is 0 Å². The molecule has 1 heterocycles. The summed E-state index contributed by atoms with van der Waals surface area (Å²) in [7, 11) is 0. The van der Waals surface area contributed by atoms with E-state index in [4.69, 9.17) is 0 Å². The summed E-state index contributed by atoms with van der Waals surface area (Å²) in [4.78, 5) is 27.5. The molecular formula is C15H15N3O3S. The van der Waals surface area contributed by atoms with E-state index < -0.39 is 4.92 Å². The third kappa shape index (κ3) is 3.62. The first kappa shape index (κ1) is 16.0. The van der Waals surface area contributed by atoms with Crippen molar-refractivity contribution in [2.75, 3.05) is 6.26 Å². The van der Waals surface area contributed by atoms with Gasteiger partial charge in [0.05, 0.1) is 21.6 Å². The van der Waals surface area contributed by atoms with Gasteiger partial charge in [0, 0.05) is 17.8 Å². The van der Waals surface area contributed by atoms with Gasteiger partial charge in [0.15, 0.2) is 0 Å². The molecule has 2 aromatic rings. The van der Waals surface area contributed by atoms with Crippen molar-refractivity contribution in [2.24, 2.45) is 0 Å². The van der Waals surface area contributed by atoms with Crippen LogP contribution in [-0.2, 0) is 0 Å². The summed E-state index contributed by atoms with van der Waals surface area (Å²) in [6.45, 7) is 1.81. The van der Waals surface area contributed by atoms with Gasteiger partial charge in [0.1, 0.15) is 0 Å². The molecule has 1 unspecified atom stereocenters. The van der Waals surface area contributed by atoms with Crippen LogP contribution in [0.15, 0.2) is 47.5 Å². The minimum absolute atomic E-state index is 0.0642. The molecule has 0 bridgehead atoms. The fourth-order valence-corrected chi connectivity index (χ4v) is 2.51. The average Bonchev–Trinajstić information content (AvgIpc) is 2.54. The van der Waals surface area contributed by atoms with Gasteiger partial charge in [-0.05, 0) is 37.4 Å². The van der Waals surface area contributed by atoms with Crippen molar-refractivity contribution in [3.05, 3.63) is 64.0 Å². The van der Waals surface area contributed by atoms with Crippen molar-refractivity contribution < 1.29 is 9.72 Å². The molecule has 1 aromatic heterocycles. The minimum Gasteiger partial charge on any atom is -0.344 e. The highest BCUT2D eigenvalue weighted by atomic mass is 32.2. The van der Waals surface area contributed by atoms with Gasteiger partial charge in [-0.15, -0.1) is 11.8 Å². The van der Waals surface area contributed by atoms with Crippen LogP contribution in [0.25, 0.3) is 0 Å². The monoisotopic (exact) mass is 317 g/mol. The second-order valence-electron chi connectivity index (χ2n) is 4.59. The third-order valence-corrected chi connectivity index (χ3v) is 3.90. The summed E-state index contributed by atoms with van der Waals surface area (Å²) in [5, 5.41) is 13.8. The summed E-state index contributed by atoms with van der Waals surface area (Å²) in [6.07, 6.45) is 3.40. The Labute approximate surface area is 132 Å². The van der Waals surface area contributed by atoms with Crippen LogP contribution in [0.1, 0.15) is 29.0 Å². The van der Waals surface area contributed by atoms with E-state index in [9.17, 15) is 14.9 Å². The van der Waals surface area contributed by atoms with E-state index in [2.05, 4.69) is 10.3 Å². The zero-order valence-electron chi connectivity index (χ0n) is 12.1. The summed E-state index contributed by atoms with van der Waals surface area (Å²) in [5.41, 5.74) is 0.920. The van der Waals surface area contributed by atoms with Crippen LogP contribution in [0.2, 0.25) is 0 Å². The van der Waals surface area contributed by atoms with Gasteiger partial charge in [-0.25, -0.2) is 0 Å². The third-order valence-electron chi connectivity index (χ3n) is 3.12. The van der Waals surface area contributed by atoms with Gasteiger partial charge < -0.3 is 5.32 Å². The summed E-state index contributed by atoms with van der Waals surface area (Å²) in [5.74, 6) is -0.367. The number of nitro groups is 1. The van der Waals surface area contributed by atoms with Crippen molar-refractivity contribution in [1.82, 2.24) is 10.3 Å². The van der Waals surface area contributed by atoms with Gasteiger partial charge >= 0.3 is 0 Å². The lowest BCUT2D eigenvalue weighted by atomic mass is 10.1. The van der Waals surface area contributed by atoms with Crippen LogP contribution in [0, 0.1) is 10.1 Å². The van der Waals surface area contributed by atoms with Crippen LogP contribution < -0.4 is 5.32 Å². The first-order chi connectivity index (χ1) is 10.5. The number of hydrogen-bond acceptors (Lipinski definition) is 5. The van der Waals surface area contributed by atoms with Crippen molar-refractivity contribution in [3.8, 4) is 0 Å². The Bertz CT molecular complexity index is 692. The van der Waals surface area contributed by atoms with E-state index in [1.54, 1.807) is 30.7 Å². The van der Waals surface area contributed by atoms with E-state index in [0.717, 1.165) is 5.69 Å². The van der Waals surface area contributed by atoms with Gasteiger partial charge in [-0.1, -0.05) is 6.07 Å². The van der Waals surface area contributed by atoms with Gasteiger partial charge in [0.2, 0.25) is 0 Å². The van der Waals surface area contributed by atoms with E-state index in [1.807, 2.05) is 19.1 Å². The molecule has 7 heteroatoms. The van der Waals surface area contributed by atoms with Crippen LogP contribution in [-0.4, -0.2) is 22.1 Å². The topological polar surface area (TPSA) is 85.1 Å². The number of nitrogens with zero attached hydrogens (tertiary/aromatic N) is 2. The molecule has 0 aliphatic rings. The molecule has 0 saturated carbocycles. The number of hydrogen-bond donors (Lipinski definition) is 1. The van der Waals surface area contributed by atoms with Crippen molar-refractivity contribution in [2.45, 2.75) is 17.9 Å². The smallest absolute Gasteiger partial charge is 0.283 e.